The Labute approximate surface area is 122 Å². The molecule has 19 heavy (non-hydrogen) atoms. The maximum atomic E-state index is 6.12. The monoisotopic (exact) mass is 294 g/mol. The number of nitrogens with one attached hydrogen (secondary N) is 1. The maximum absolute atomic E-state index is 6.12. The van der Waals surface area contributed by atoms with E-state index in [-0.39, 0.29) is 0 Å². The molecule has 0 aliphatic carbocycles. The van der Waals surface area contributed by atoms with Gasteiger partial charge in [-0.15, -0.1) is 0 Å². The molecular weight excluding hydrogens is 280 g/mol. The van der Waals surface area contributed by atoms with Crippen LogP contribution in [-0.2, 0) is 0 Å². The zero-order valence-corrected chi connectivity index (χ0v) is 12.3. The molecule has 0 atom stereocenters. The molecule has 0 unspecified atom stereocenters. The molecule has 0 saturated heterocycles. The second-order valence-corrected chi connectivity index (χ2v) is 5.33. The van der Waals surface area contributed by atoms with Crippen LogP contribution in [0, 0.1) is 0 Å². The van der Waals surface area contributed by atoms with Crippen molar-refractivity contribution in [2.75, 3.05) is 5.32 Å². The van der Waals surface area contributed by atoms with E-state index in [9.17, 15) is 0 Å². The van der Waals surface area contributed by atoms with E-state index >= 15 is 0 Å². The smallest absolute Gasteiger partial charge is 0.105 e. The average molecular weight is 295 g/mol. The predicted octanol–water partition coefficient (Wildman–Crippen LogP) is 3.50. The summed E-state index contributed by atoms with van der Waals surface area (Å²) >= 11 is 11.0. The Balaban J connectivity index is 2.19. The van der Waals surface area contributed by atoms with Gasteiger partial charge in [-0.05, 0) is 32.0 Å². The van der Waals surface area contributed by atoms with E-state index in [2.05, 4.69) is 24.3 Å². The molecule has 3 N–H and O–H groups in total. The average Bonchev–Trinajstić information content (AvgIpc) is 2.77. The van der Waals surface area contributed by atoms with Gasteiger partial charge < -0.3 is 11.1 Å². The van der Waals surface area contributed by atoms with Crippen molar-refractivity contribution in [3.63, 3.8) is 0 Å². The molecule has 0 fully saturated rings. The molecule has 0 amide bonds. The van der Waals surface area contributed by atoms with E-state index in [0.717, 1.165) is 11.4 Å². The molecule has 0 aliphatic rings. The lowest BCUT2D eigenvalue weighted by atomic mass is 10.2. The first-order chi connectivity index (χ1) is 8.97. The highest BCUT2D eigenvalue weighted by Crippen LogP contribution is 2.24. The van der Waals surface area contributed by atoms with Gasteiger partial charge in [0.15, 0.2) is 0 Å². The number of thiocarbonyl (C=S) groups is 1. The van der Waals surface area contributed by atoms with E-state index in [4.69, 9.17) is 29.6 Å². The van der Waals surface area contributed by atoms with Gasteiger partial charge in [0.2, 0.25) is 0 Å². The molecule has 0 bridgehead atoms. The molecule has 1 aromatic carbocycles. The van der Waals surface area contributed by atoms with Gasteiger partial charge in [-0.1, -0.05) is 23.8 Å². The van der Waals surface area contributed by atoms with Crippen molar-refractivity contribution in [1.82, 2.24) is 9.78 Å². The first-order valence-corrected chi connectivity index (χ1v) is 6.66. The molecule has 0 radical (unpaired) electrons. The molecule has 100 valence electrons. The minimum atomic E-state index is 0.296. The van der Waals surface area contributed by atoms with Crippen LogP contribution in [0.5, 0.6) is 0 Å². The Hall–Kier alpha value is -1.59. The van der Waals surface area contributed by atoms with Crippen molar-refractivity contribution in [2.24, 2.45) is 5.73 Å². The molecule has 2 aromatic rings. The minimum Gasteiger partial charge on any atom is -0.389 e. The lowest BCUT2D eigenvalue weighted by Gasteiger charge is -2.07. The highest BCUT2D eigenvalue weighted by Gasteiger charge is 2.06. The van der Waals surface area contributed by atoms with Crippen LogP contribution < -0.4 is 11.1 Å². The van der Waals surface area contributed by atoms with Gasteiger partial charge in [-0.25, -0.2) is 0 Å². The first kappa shape index (κ1) is 13.8. The number of aromatic nitrogens is 2. The van der Waals surface area contributed by atoms with Gasteiger partial charge in [0.1, 0.15) is 4.99 Å². The van der Waals surface area contributed by atoms with Crippen LogP contribution in [0.3, 0.4) is 0 Å². The topological polar surface area (TPSA) is 55.9 Å². The van der Waals surface area contributed by atoms with Crippen LogP contribution in [-0.4, -0.2) is 14.8 Å². The number of anilines is 2. The third-order valence-electron chi connectivity index (χ3n) is 2.65. The third-order valence-corrected chi connectivity index (χ3v) is 3.19. The van der Waals surface area contributed by atoms with Crippen LogP contribution in [0.2, 0.25) is 5.02 Å². The Morgan fingerprint density at radius 2 is 2.16 bits per heavy atom. The summed E-state index contributed by atoms with van der Waals surface area (Å²) in [6.45, 7) is 4.15. The first-order valence-electron chi connectivity index (χ1n) is 5.88. The summed E-state index contributed by atoms with van der Waals surface area (Å²) in [4.78, 5) is 0.296. The Morgan fingerprint density at radius 1 is 1.42 bits per heavy atom. The molecule has 4 nitrogen and oxygen atoms in total. The summed E-state index contributed by atoms with van der Waals surface area (Å²) in [5.74, 6) is 0. The molecule has 6 heteroatoms. The molecule has 1 aromatic heterocycles. The molecule has 2 rings (SSSR count). The summed E-state index contributed by atoms with van der Waals surface area (Å²) in [7, 11) is 0. The second-order valence-electron chi connectivity index (χ2n) is 4.49. The number of benzene rings is 1. The predicted molar refractivity (Wildman–Crippen MR) is 83.2 cm³/mol. The second kappa shape index (κ2) is 5.59. The Morgan fingerprint density at radius 3 is 2.68 bits per heavy atom. The fourth-order valence-corrected chi connectivity index (χ4v) is 2.16. The fraction of sp³-hybridized carbons (Fsp3) is 0.231. The fourth-order valence-electron chi connectivity index (χ4n) is 1.64. The van der Waals surface area contributed by atoms with Crippen molar-refractivity contribution in [2.45, 2.75) is 19.9 Å². The van der Waals surface area contributed by atoms with Crippen LogP contribution >= 0.6 is 23.8 Å². The largest absolute Gasteiger partial charge is 0.389 e. The van der Waals surface area contributed by atoms with E-state index < -0.39 is 0 Å². The molecule has 0 saturated carbocycles. The summed E-state index contributed by atoms with van der Waals surface area (Å²) in [6.07, 6.45) is 3.72. The standard InChI is InChI=1S/C13H15ClN4S/c1-8(2)18-7-10(6-16-18)17-9-3-4-11(13(15)19)12(14)5-9/h3-8,17H,1-2H3,(H2,15,19). The van der Waals surface area contributed by atoms with Gasteiger partial charge in [0.25, 0.3) is 0 Å². The van der Waals surface area contributed by atoms with Crippen molar-refractivity contribution < 1.29 is 0 Å². The van der Waals surface area contributed by atoms with Crippen LogP contribution in [0.1, 0.15) is 25.5 Å². The number of hydrogen-bond donors (Lipinski definition) is 2. The van der Waals surface area contributed by atoms with E-state index in [1.165, 1.54) is 0 Å². The van der Waals surface area contributed by atoms with Crippen LogP contribution in [0.15, 0.2) is 30.6 Å². The van der Waals surface area contributed by atoms with E-state index in [0.29, 0.717) is 21.6 Å². The Kier molecular flexibility index (Phi) is 4.07. The van der Waals surface area contributed by atoms with Crippen LogP contribution in [0.4, 0.5) is 11.4 Å². The lowest BCUT2D eigenvalue weighted by Crippen LogP contribution is -2.09. The highest BCUT2D eigenvalue weighted by atomic mass is 35.5. The van der Waals surface area contributed by atoms with Gasteiger partial charge >= 0.3 is 0 Å². The van der Waals surface area contributed by atoms with Crippen molar-refractivity contribution in [1.29, 1.82) is 0 Å². The SMILES string of the molecule is CC(C)n1cc(Nc2ccc(C(N)=S)c(Cl)c2)cn1. The zero-order valence-electron chi connectivity index (χ0n) is 10.7. The normalized spacial score (nSPS) is 10.7. The van der Waals surface area contributed by atoms with Gasteiger partial charge in [0.05, 0.1) is 16.9 Å². The van der Waals surface area contributed by atoms with E-state index in [1.807, 2.05) is 16.9 Å². The summed E-state index contributed by atoms with van der Waals surface area (Å²) in [5, 5.41) is 8.03. The van der Waals surface area contributed by atoms with Crippen LogP contribution in [0.25, 0.3) is 0 Å². The number of nitrogens with zero attached hydrogens (tertiary/aromatic N) is 2. The van der Waals surface area contributed by atoms with Gasteiger partial charge in [0, 0.05) is 23.5 Å². The minimum absolute atomic E-state index is 0.296. The van der Waals surface area contributed by atoms with E-state index in [1.54, 1.807) is 18.3 Å². The number of hydrogen-bond acceptors (Lipinski definition) is 3. The van der Waals surface area contributed by atoms with Gasteiger partial charge in [-0.2, -0.15) is 5.10 Å². The zero-order chi connectivity index (χ0) is 14.0. The van der Waals surface area contributed by atoms with Crippen molar-refractivity contribution >= 4 is 40.2 Å². The lowest BCUT2D eigenvalue weighted by molar-refractivity contribution is 0.532. The molecule has 0 spiro atoms. The number of nitrogens with two attached hydrogens (primary N) is 1. The van der Waals surface area contributed by atoms with Gasteiger partial charge in [-0.3, -0.25) is 4.68 Å². The van der Waals surface area contributed by atoms with Crippen molar-refractivity contribution in [3.05, 3.63) is 41.2 Å². The molecule has 0 aliphatic heterocycles. The maximum Gasteiger partial charge on any atom is 0.105 e. The summed E-state index contributed by atoms with van der Waals surface area (Å²) in [6, 6.07) is 5.81. The summed E-state index contributed by atoms with van der Waals surface area (Å²) < 4.78 is 1.88. The third kappa shape index (κ3) is 3.24. The summed E-state index contributed by atoms with van der Waals surface area (Å²) in [5.41, 5.74) is 8.03. The number of rotatable bonds is 4. The number of halogens is 1. The molecular formula is C13H15ClN4S. The highest BCUT2D eigenvalue weighted by molar-refractivity contribution is 7.80. The quantitative estimate of drug-likeness (QED) is 0.848. The van der Waals surface area contributed by atoms with Crippen molar-refractivity contribution in [3.8, 4) is 0 Å². The Bertz CT molecular complexity index is 606. The molecule has 1 heterocycles.